The molecular weight excluding hydrogens is 302 g/mol. The van der Waals surface area contributed by atoms with E-state index in [1.54, 1.807) is 10.7 Å². The SMILES string of the molecule is CC(c1cc(Cl)n2ncc(Br)c2n1)C1CCC1. The Labute approximate surface area is 113 Å². The summed E-state index contributed by atoms with van der Waals surface area (Å²) < 4.78 is 2.55. The highest BCUT2D eigenvalue weighted by Crippen LogP contribution is 2.39. The van der Waals surface area contributed by atoms with Crippen molar-refractivity contribution in [2.75, 3.05) is 0 Å². The summed E-state index contributed by atoms with van der Waals surface area (Å²) in [5.41, 5.74) is 1.88. The van der Waals surface area contributed by atoms with E-state index in [1.807, 2.05) is 6.07 Å². The molecule has 3 rings (SSSR count). The van der Waals surface area contributed by atoms with Gasteiger partial charge in [-0.25, -0.2) is 9.50 Å². The topological polar surface area (TPSA) is 30.2 Å². The molecule has 2 aromatic rings. The molecule has 5 heteroatoms. The second kappa shape index (κ2) is 4.25. The van der Waals surface area contributed by atoms with Crippen molar-refractivity contribution in [2.45, 2.75) is 32.1 Å². The quantitative estimate of drug-likeness (QED) is 0.783. The lowest BCUT2D eigenvalue weighted by molar-refractivity contribution is 0.269. The fourth-order valence-electron chi connectivity index (χ4n) is 2.33. The van der Waals surface area contributed by atoms with Crippen LogP contribution in [0.3, 0.4) is 0 Å². The molecule has 1 atom stereocenters. The van der Waals surface area contributed by atoms with Gasteiger partial charge in [-0.05, 0) is 40.8 Å². The number of halogens is 2. The second-order valence-corrected chi connectivity index (χ2v) is 5.95. The Morgan fingerprint density at radius 2 is 2.29 bits per heavy atom. The normalized spacial score (nSPS) is 18.3. The van der Waals surface area contributed by atoms with E-state index in [0.717, 1.165) is 21.7 Å². The molecule has 0 saturated heterocycles. The lowest BCUT2D eigenvalue weighted by Gasteiger charge is -2.31. The zero-order valence-electron chi connectivity index (χ0n) is 9.53. The highest BCUT2D eigenvalue weighted by molar-refractivity contribution is 9.10. The minimum Gasteiger partial charge on any atom is -0.232 e. The Hall–Kier alpha value is -0.610. The zero-order chi connectivity index (χ0) is 12.0. The van der Waals surface area contributed by atoms with Gasteiger partial charge < -0.3 is 0 Å². The molecule has 0 N–H and O–H groups in total. The number of aromatic nitrogens is 3. The van der Waals surface area contributed by atoms with Crippen LogP contribution in [0, 0.1) is 5.92 Å². The molecule has 1 aliphatic rings. The van der Waals surface area contributed by atoms with Gasteiger partial charge in [-0.3, -0.25) is 0 Å². The largest absolute Gasteiger partial charge is 0.232 e. The van der Waals surface area contributed by atoms with Gasteiger partial charge in [-0.2, -0.15) is 5.10 Å². The standard InChI is InChI=1S/C12H13BrClN3/c1-7(8-3-2-4-8)10-5-11(14)17-12(16-10)9(13)6-15-17/h5-8H,2-4H2,1H3. The van der Waals surface area contributed by atoms with Crippen LogP contribution in [-0.4, -0.2) is 14.6 Å². The van der Waals surface area contributed by atoms with Gasteiger partial charge in [-0.1, -0.05) is 24.9 Å². The second-order valence-electron chi connectivity index (χ2n) is 4.71. The van der Waals surface area contributed by atoms with Gasteiger partial charge in [0, 0.05) is 11.6 Å². The van der Waals surface area contributed by atoms with Crippen molar-refractivity contribution in [3.8, 4) is 0 Å². The average molecular weight is 315 g/mol. The van der Waals surface area contributed by atoms with Crippen molar-refractivity contribution in [1.29, 1.82) is 0 Å². The van der Waals surface area contributed by atoms with Gasteiger partial charge in [0.15, 0.2) is 5.65 Å². The molecule has 0 spiro atoms. The van der Waals surface area contributed by atoms with Crippen LogP contribution in [0.15, 0.2) is 16.7 Å². The lowest BCUT2D eigenvalue weighted by Crippen LogP contribution is -2.19. The molecule has 1 fully saturated rings. The van der Waals surface area contributed by atoms with Crippen LogP contribution in [0.1, 0.15) is 37.8 Å². The minimum absolute atomic E-state index is 0.480. The minimum atomic E-state index is 0.480. The molecule has 90 valence electrons. The maximum atomic E-state index is 6.23. The zero-order valence-corrected chi connectivity index (χ0v) is 11.9. The summed E-state index contributed by atoms with van der Waals surface area (Å²) in [5, 5.41) is 4.80. The first-order valence-electron chi connectivity index (χ1n) is 5.86. The first kappa shape index (κ1) is 11.5. The molecule has 0 amide bonds. The van der Waals surface area contributed by atoms with E-state index < -0.39 is 0 Å². The fourth-order valence-corrected chi connectivity index (χ4v) is 2.92. The van der Waals surface area contributed by atoms with Gasteiger partial charge in [0.25, 0.3) is 0 Å². The summed E-state index contributed by atoms with van der Waals surface area (Å²) >= 11 is 9.67. The van der Waals surface area contributed by atoms with Crippen LogP contribution in [0.5, 0.6) is 0 Å². The van der Waals surface area contributed by atoms with E-state index in [4.69, 9.17) is 11.6 Å². The van der Waals surface area contributed by atoms with E-state index in [1.165, 1.54) is 19.3 Å². The van der Waals surface area contributed by atoms with Crippen molar-refractivity contribution in [3.63, 3.8) is 0 Å². The Morgan fingerprint density at radius 3 is 2.94 bits per heavy atom. The van der Waals surface area contributed by atoms with Gasteiger partial charge >= 0.3 is 0 Å². The van der Waals surface area contributed by atoms with Crippen LogP contribution in [0.4, 0.5) is 0 Å². The summed E-state index contributed by atoms with van der Waals surface area (Å²) in [7, 11) is 0. The van der Waals surface area contributed by atoms with Crippen LogP contribution in [0.2, 0.25) is 5.15 Å². The Balaban J connectivity index is 2.07. The van der Waals surface area contributed by atoms with Crippen molar-refractivity contribution in [3.05, 3.63) is 27.6 Å². The highest BCUT2D eigenvalue weighted by Gasteiger charge is 2.26. The molecular formula is C12H13BrClN3. The van der Waals surface area contributed by atoms with E-state index in [2.05, 4.69) is 32.9 Å². The van der Waals surface area contributed by atoms with Crippen LogP contribution >= 0.6 is 27.5 Å². The van der Waals surface area contributed by atoms with Gasteiger partial charge in [0.2, 0.25) is 0 Å². The lowest BCUT2D eigenvalue weighted by atomic mass is 9.75. The molecule has 17 heavy (non-hydrogen) atoms. The number of fused-ring (bicyclic) bond motifs is 1. The van der Waals surface area contributed by atoms with E-state index in [0.29, 0.717) is 11.1 Å². The number of nitrogens with zero attached hydrogens (tertiary/aromatic N) is 3. The third-order valence-electron chi connectivity index (χ3n) is 3.73. The van der Waals surface area contributed by atoms with Crippen molar-refractivity contribution >= 4 is 33.2 Å². The third kappa shape index (κ3) is 1.87. The first-order chi connectivity index (χ1) is 8.16. The van der Waals surface area contributed by atoms with E-state index >= 15 is 0 Å². The molecule has 1 aliphatic carbocycles. The molecule has 3 nitrogen and oxygen atoms in total. The van der Waals surface area contributed by atoms with Gasteiger partial charge in [0.05, 0.1) is 10.7 Å². The monoisotopic (exact) mass is 313 g/mol. The molecule has 2 heterocycles. The number of rotatable bonds is 2. The van der Waals surface area contributed by atoms with Crippen molar-refractivity contribution < 1.29 is 0 Å². The third-order valence-corrected chi connectivity index (χ3v) is 4.56. The molecule has 1 unspecified atom stereocenters. The van der Waals surface area contributed by atoms with Crippen molar-refractivity contribution in [2.24, 2.45) is 5.92 Å². The Kier molecular flexibility index (Phi) is 2.87. The summed E-state index contributed by atoms with van der Waals surface area (Å²) in [5.74, 6) is 1.25. The van der Waals surface area contributed by atoms with E-state index in [9.17, 15) is 0 Å². The highest BCUT2D eigenvalue weighted by atomic mass is 79.9. The molecule has 0 radical (unpaired) electrons. The smallest absolute Gasteiger partial charge is 0.171 e. The molecule has 0 aromatic carbocycles. The maximum Gasteiger partial charge on any atom is 0.171 e. The Morgan fingerprint density at radius 1 is 1.53 bits per heavy atom. The van der Waals surface area contributed by atoms with E-state index in [-0.39, 0.29) is 0 Å². The number of hydrogen-bond acceptors (Lipinski definition) is 2. The van der Waals surface area contributed by atoms with Crippen LogP contribution in [0.25, 0.3) is 5.65 Å². The van der Waals surface area contributed by atoms with Crippen LogP contribution < -0.4 is 0 Å². The van der Waals surface area contributed by atoms with Gasteiger partial charge in [-0.15, -0.1) is 0 Å². The predicted octanol–water partition coefficient (Wildman–Crippen LogP) is 4.05. The average Bonchev–Trinajstić information content (AvgIpc) is 2.58. The van der Waals surface area contributed by atoms with Crippen molar-refractivity contribution in [1.82, 2.24) is 14.6 Å². The molecule has 0 aliphatic heterocycles. The predicted molar refractivity (Wildman–Crippen MR) is 71.5 cm³/mol. The molecule has 2 aromatic heterocycles. The maximum absolute atomic E-state index is 6.23. The summed E-state index contributed by atoms with van der Waals surface area (Å²) in [6.45, 7) is 2.24. The van der Waals surface area contributed by atoms with Crippen LogP contribution in [-0.2, 0) is 0 Å². The molecule has 1 saturated carbocycles. The van der Waals surface area contributed by atoms with Gasteiger partial charge in [0.1, 0.15) is 5.15 Å². The summed E-state index contributed by atoms with van der Waals surface area (Å²) in [4.78, 5) is 4.67. The summed E-state index contributed by atoms with van der Waals surface area (Å²) in [6, 6.07) is 1.94. The first-order valence-corrected chi connectivity index (χ1v) is 7.03. The Bertz CT molecular complexity index is 562. The molecule has 0 bridgehead atoms. The fraction of sp³-hybridized carbons (Fsp3) is 0.500. The number of hydrogen-bond donors (Lipinski definition) is 0. The summed E-state index contributed by atoms with van der Waals surface area (Å²) in [6.07, 6.45) is 5.70.